The average Bonchev–Trinajstić information content (AvgIpc) is 2.50. The Balaban J connectivity index is 2.12. The number of anilines is 1. The van der Waals surface area contributed by atoms with Crippen LogP contribution in [0.3, 0.4) is 0 Å². The molecule has 0 aliphatic rings. The zero-order chi connectivity index (χ0) is 17.7. The molecule has 0 heterocycles. The number of nitrogens with one attached hydrogen (secondary N) is 2. The van der Waals surface area contributed by atoms with Crippen LogP contribution in [0.2, 0.25) is 5.02 Å². The van der Waals surface area contributed by atoms with Gasteiger partial charge in [0.05, 0.1) is 12.5 Å². The van der Waals surface area contributed by atoms with Crippen molar-refractivity contribution >= 4 is 29.1 Å². The zero-order valence-electron chi connectivity index (χ0n) is 14.0. The fraction of sp³-hybridized carbons (Fsp3) is 0.263. The summed E-state index contributed by atoms with van der Waals surface area (Å²) in [5.74, 6) is -0.337. The summed E-state index contributed by atoms with van der Waals surface area (Å²) in [5, 5.41) is 6.33. The maximum absolute atomic E-state index is 12.4. The monoisotopic (exact) mass is 344 g/mol. The summed E-state index contributed by atoms with van der Waals surface area (Å²) in [6.07, 6.45) is 0.157. The molecule has 0 bridgehead atoms. The van der Waals surface area contributed by atoms with Gasteiger partial charge in [0.15, 0.2) is 0 Å². The Labute approximate surface area is 147 Å². The predicted molar refractivity (Wildman–Crippen MR) is 97.2 cm³/mol. The van der Waals surface area contributed by atoms with Crippen LogP contribution in [0.25, 0.3) is 0 Å². The lowest BCUT2D eigenvalue weighted by atomic mass is 10.0. The summed E-state index contributed by atoms with van der Waals surface area (Å²) >= 11 is 5.93. The molecule has 0 saturated heterocycles. The van der Waals surface area contributed by atoms with Gasteiger partial charge in [0.1, 0.15) is 0 Å². The first-order chi connectivity index (χ1) is 11.3. The number of rotatable bonds is 5. The second-order valence-electron chi connectivity index (χ2n) is 5.88. The van der Waals surface area contributed by atoms with Crippen molar-refractivity contribution in [2.24, 2.45) is 0 Å². The fourth-order valence-electron chi connectivity index (χ4n) is 2.45. The van der Waals surface area contributed by atoms with Gasteiger partial charge in [-0.15, -0.1) is 0 Å². The van der Waals surface area contributed by atoms with E-state index in [1.165, 1.54) is 6.92 Å². The van der Waals surface area contributed by atoms with E-state index in [1.54, 1.807) is 18.2 Å². The van der Waals surface area contributed by atoms with E-state index in [0.717, 1.165) is 22.4 Å². The third kappa shape index (κ3) is 5.10. The third-order valence-electron chi connectivity index (χ3n) is 3.71. The number of halogens is 1. The molecular weight excluding hydrogens is 324 g/mol. The smallest absolute Gasteiger partial charge is 0.226 e. The number of hydrogen-bond acceptors (Lipinski definition) is 2. The summed E-state index contributed by atoms with van der Waals surface area (Å²) in [5.41, 5.74) is 3.64. The van der Waals surface area contributed by atoms with Gasteiger partial charge in [0.2, 0.25) is 11.8 Å². The van der Waals surface area contributed by atoms with Crippen molar-refractivity contribution in [3.63, 3.8) is 0 Å². The number of benzene rings is 2. The summed E-state index contributed by atoms with van der Waals surface area (Å²) in [4.78, 5) is 23.9. The van der Waals surface area contributed by atoms with E-state index in [2.05, 4.69) is 10.6 Å². The van der Waals surface area contributed by atoms with E-state index in [0.29, 0.717) is 5.02 Å². The van der Waals surface area contributed by atoms with E-state index in [1.807, 2.05) is 38.1 Å². The van der Waals surface area contributed by atoms with Crippen LogP contribution in [0.5, 0.6) is 0 Å². The molecular formula is C19H21ClN2O2. The molecule has 0 aliphatic carbocycles. The molecule has 4 nitrogen and oxygen atoms in total. The lowest BCUT2D eigenvalue weighted by molar-refractivity contribution is -0.120. The Bertz CT molecular complexity index is 742. The van der Waals surface area contributed by atoms with Crippen molar-refractivity contribution in [1.29, 1.82) is 0 Å². The second kappa shape index (κ2) is 7.97. The van der Waals surface area contributed by atoms with Crippen LogP contribution in [0.1, 0.15) is 36.1 Å². The molecule has 0 radical (unpaired) electrons. The van der Waals surface area contributed by atoms with Gasteiger partial charge >= 0.3 is 0 Å². The van der Waals surface area contributed by atoms with Crippen molar-refractivity contribution in [3.8, 4) is 0 Å². The maximum Gasteiger partial charge on any atom is 0.226 e. The molecule has 0 saturated carbocycles. The highest BCUT2D eigenvalue weighted by Crippen LogP contribution is 2.22. The van der Waals surface area contributed by atoms with Gasteiger partial charge in [-0.3, -0.25) is 9.59 Å². The molecule has 5 heteroatoms. The number of aryl methyl sites for hydroxylation is 2. The van der Waals surface area contributed by atoms with Crippen molar-refractivity contribution in [1.82, 2.24) is 5.32 Å². The molecule has 2 N–H and O–H groups in total. The van der Waals surface area contributed by atoms with Crippen LogP contribution in [-0.4, -0.2) is 11.8 Å². The Morgan fingerprint density at radius 3 is 2.33 bits per heavy atom. The van der Waals surface area contributed by atoms with Gasteiger partial charge in [-0.25, -0.2) is 0 Å². The Kier molecular flexibility index (Phi) is 5.99. The molecule has 1 unspecified atom stereocenters. The van der Waals surface area contributed by atoms with Gasteiger partial charge < -0.3 is 10.6 Å². The standard InChI is InChI=1S/C19H21ClN2O2/c1-12-4-6-15(7-5-12)18(21-14(3)23)11-19(24)22-17-9-8-16(20)10-13(17)2/h4-10,18H,11H2,1-3H3,(H,21,23)(H,22,24). The number of hydrogen-bond donors (Lipinski definition) is 2. The van der Waals surface area contributed by atoms with E-state index < -0.39 is 0 Å². The van der Waals surface area contributed by atoms with Gasteiger partial charge in [0, 0.05) is 17.6 Å². The van der Waals surface area contributed by atoms with Crippen molar-refractivity contribution in [2.45, 2.75) is 33.2 Å². The van der Waals surface area contributed by atoms with Gasteiger partial charge in [-0.05, 0) is 43.2 Å². The Hall–Kier alpha value is -2.33. The molecule has 1 atom stereocenters. The van der Waals surface area contributed by atoms with Gasteiger partial charge in [-0.2, -0.15) is 0 Å². The first-order valence-corrected chi connectivity index (χ1v) is 8.12. The molecule has 2 rings (SSSR count). The van der Waals surface area contributed by atoms with Crippen LogP contribution in [0, 0.1) is 13.8 Å². The lowest BCUT2D eigenvalue weighted by Gasteiger charge is -2.19. The zero-order valence-corrected chi connectivity index (χ0v) is 14.8. The molecule has 0 aliphatic heterocycles. The minimum Gasteiger partial charge on any atom is -0.349 e. The normalized spacial score (nSPS) is 11.7. The minimum absolute atomic E-state index is 0.157. The highest BCUT2D eigenvalue weighted by molar-refractivity contribution is 6.30. The molecule has 0 spiro atoms. The molecule has 2 aromatic carbocycles. The van der Waals surface area contributed by atoms with E-state index in [9.17, 15) is 9.59 Å². The van der Waals surface area contributed by atoms with Crippen LogP contribution < -0.4 is 10.6 Å². The van der Waals surface area contributed by atoms with Crippen LogP contribution in [0.15, 0.2) is 42.5 Å². The lowest BCUT2D eigenvalue weighted by Crippen LogP contribution is -2.29. The fourth-order valence-corrected chi connectivity index (χ4v) is 2.68. The van der Waals surface area contributed by atoms with Gasteiger partial charge in [-0.1, -0.05) is 41.4 Å². The van der Waals surface area contributed by atoms with Crippen molar-refractivity contribution in [3.05, 3.63) is 64.2 Å². The second-order valence-corrected chi connectivity index (χ2v) is 6.31. The SMILES string of the molecule is CC(=O)NC(CC(=O)Nc1ccc(Cl)cc1C)c1ccc(C)cc1. The highest BCUT2D eigenvalue weighted by Gasteiger charge is 2.17. The first kappa shape index (κ1) is 18.0. The summed E-state index contributed by atoms with van der Waals surface area (Å²) in [7, 11) is 0. The minimum atomic E-state index is -0.365. The predicted octanol–water partition coefficient (Wildman–Crippen LogP) is 4.16. The highest BCUT2D eigenvalue weighted by atomic mass is 35.5. The molecule has 2 amide bonds. The molecule has 126 valence electrons. The maximum atomic E-state index is 12.4. The summed E-state index contributed by atoms with van der Waals surface area (Å²) < 4.78 is 0. The molecule has 0 fully saturated rings. The quantitative estimate of drug-likeness (QED) is 0.855. The average molecular weight is 345 g/mol. The van der Waals surface area contributed by atoms with Crippen LogP contribution in [-0.2, 0) is 9.59 Å². The van der Waals surface area contributed by atoms with Crippen LogP contribution >= 0.6 is 11.6 Å². The van der Waals surface area contributed by atoms with E-state index in [-0.39, 0.29) is 24.3 Å². The number of amides is 2. The first-order valence-electron chi connectivity index (χ1n) is 7.75. The molecule has 2 aromatic rings. The third-order valence-corrected chi connectivity index (χ3v) is 3.94. The van der Waals surface area contributed by atoms with E-state index in [4.69, 9.17) is 11.6 Å². The largest absolute Gasteiger partial charge is 0.349 e. The number of carbonyl (C=O) groups excluding carboxylic acids is 2. The molecule has 0 aromatic heterocycles. The van der Waals surface area contributed by atoms with Crippen molar-refractivity contribution < 1.29 is 9.59 Å². The summed E-state index contributed by atoms with van der Waals surface area (Å²) in [6, 6.07) is 12.7. The van der Waals surface area contributed by atoms with E-state index >= 15 is 0 Å². The van der Waals surface area contributed by atoms with Gasteiger partial charge in [0.25, 0.3) is 0 Å². The topological polar surface area (TPSA) is 58.2 Å². The Morgan fingerprint density at radius 2 is 1.75 bits per heavy atom. The number of carbonyl (C=O) groups is 2. The van der Waals surface area contributed by atoms with Crippen molar-refractivity contribution in [2.75, 3.05) is 5.32 Å². The molecule has 24 heavy (non-hydrogen) atoms. The summed E-state index contributed by atoms with van der Waals surface area (Å²) in [6.45, 7) is 5.32. The van der Waals surface area contributed by atoms with Crippen LogP contribution in [0.4, 0.5) is 5.69 Å². The Morgan fingerprint density at radius 1 is 1.08 bits per heavy atom.